The predicted molar refractivity (Wildman–Crippen MR) is 58.4 cm³/mol. The van der Waals surface area contributed by atoms with E-state index in [-0.39, 0.29) is 0 Å². The molecule has 0 aliphatic heterocycles. The Labute approximate surface area is 84.9 Å². The number of halogens is 1. The van der Waals surface area contributed by atoms with Crippen LogP contribution in [0.5, 0.6) is 0 Å². The number of furan rings is 1. The monoisotopic (exact) mass is 272 g/mol. The molecule has 62 valence electrons. The second-order valence-electron chi connectivity index (χ2n) is 2.95. The molecule has 2 heteroatoms. The van der Waals surface area contributed by atoms with Gasteiger partial charge in [-0.1, -0.05) is 18.2 Å². The van der Waals surface area contributed by atoms with Crippen LogP contribution in [-0.4, -0.2) is 0 Å². The summed E-state index contributed by atoms with van der Waals surface area (Å²) in [6, 6.07) is 6.24. The molecule has 0 bridgehead atoms. The highest BCUT2D eigenvalue weighted by Crippen LogP contribution is 2.28. The Morgan fingerprint density at radius 1 is 1.25 bits per heavy atom. The summed E-state index contributed by atoms with van der Waals surface area (Å²) >= 11 is 2.23. The molecule has 0 unspecified atom stereocenters. The summed E-state index contributed by atoms with van der Waals surface area (Å²) in [5.74, 6) is 0. The maximum Gasteiger partial charge on any atom is 0.168 e. The minimum Gasteiger partial charge on any atom is -0.450 e. The number of rotatable bonds is 0. The molecule has 1 heterocycles. The average Bonchev–Trinajstić information content (AvgIpc) is 2.32. The summed E-state index contributed by atoms with van der Waals surface area (Å²) in [5.41, 5.74) is 3.48. The molecule has 2 aromatic rings. The van der Waals surface area contributed by atoms with Crippen molar-refractivity contribution in [2.45, 2.75) is 13.8 Å². The summed E-state index contributed by atoms with van der Waals surface area (Å²) in [6.45, 7) is 4.16. The molecule has 0 fully saturated rings. The van der Waals surface area contributed by atoms with Crippen LogP contribution in [-0.2, 0) is 0 Å². The van der Waals surface area contributed by atoms with Gasteiger partial charge in [-0.3, -0.25) is 0 Å². The molecule has 0 aliphatic carbocycles. The molecule has 0 aliphatic rings. The second-order valence-corrected chi connectivity index (χ2v) is 3.93. The van der Waals surface area contributed by atoms with Gasteiger partial charge in [-0.15, -0.1) is 0 Å². The van der Waals surface area contributed by atoms with Gasteiger partial charge in [0.15, 0.2) is 3.77 Å². The van der Waals surface area contributed by atoms with E-state index in [9.17, 15) is 0 Å². The van der Waals surface area contributed by atoms with E-state index in [0.717, 1.165) is 9.35 Å². The van der Waals surface area contributed by atoms with E-state index in [1.54, 1.807) is 0 Å². The van der Waals surface area contributed by atoms with Crippen LogP contribution in [0.25, 0.3) is 11.0 Å². The molecule has 2 rings (SSSR count). The SMILES string of the molecule is Cc1c(I)oc2c(C)cccc12. The lowest BCUT2D eigenvalue weighted by molar-refractivity contribution is 0.578. The first-order valence-electron chi connectivity index (χ1n) is 3.84. The number of fused-ring (bicyclic) bond motifs is 1. The van der Waals surface area contributed by atoms with Crippen LogP contribution < -0.4 is 0 Å². The van der Waals surface area contributed by atoms with Gasteiger partial charge in [-0.05, 0) is 42.0 Å². The average molecular weight is 272 g/mol. The van der Waals surface area contributed by atoms with Gasteiger partial charge in [0.2, 0.25) is 0 Å². The van der Waals surface area contributed by atoms with Crippen molar-refractivity contribution in [3.05, 3.63) is 33.1 Å². The van der Waals surface area contributed by atoms with E-state index in [0.29, 0.717) is 0 Å². The first-order chi connectivity index (χ1) is 5.70. The lowest BCUT2D eigenvalue weighted by atomic mass is 10.1. The fourth-order valence-corrected chi connectivity index (χ4v) is 1.87. The predicted octanol–water partition coefficient (Wildman–Crippen LogP) is 3.65. The Morgan fingerprint density at radius 3 is 2.67 bits per heavy atom. The Bertz CT molecular complexity index is 429. The van der Waals surface area contributed by atoms with E-state index in [2.05, 4.69) is 54.6 Å². The Morgan fingerprint density at radius 2 is 2.00 bits per heavy atom. The van der Waals surface area contributed by atoms with Crippen molar-refractivity contribution in [3.63, 3.8) is 0 Å². The highest BCUT2D eigenvalue weighted by molar-refractivity contribution is 14.1. The zero-order chi connectivity index (χ0) is 8.72. The summed E-state index contributed by atoms with van der Waals surface area (Å²) in [5, 5.41) is 1.24. The van der Waals surface area contributed by atoms with Crippen LogP contribution in [0.4, 0.5) is 0 Å². The third-order valence-electron chi connectivity index (χ3n) is 2.10. The lowest BCUT2D eigenvalue weighted by Crippen LogP contribution is -1.72. The molecular formula is C10H9IO. The van der Waals surface area contributed by atoms with Crippen LogP contribution in [0.15, 0.2) is 22.6 Å². The minimum absolute atomic E-state index is 0.997. The Kier molecular flexibility index (Phi) is 1.87. The number of benzene rings is 1. The fourth-order valence-electron chi connectivity index (χ4n) is 1.36. The van der Waals surface area contributed by atoms with E-state index >= 15 is 0 Å². The highest BCUT2D eigenvalue weighted by atomic mass is 127. The lowest BCUT2D eigenvalue weighted by Gasteiger charge is -1.91. The molecule has 0 amide bonds. The van der Waals surface area contributed by atoms with E-state index < -0.39 is 0 Å². The van der Waals surface area contributed by atoms with Gasteiger partial charge in [0.25, 0.3) is 0 Å². The normalized spacial score (nSPS) is 10.9. The van der Waals surface area contributed by atoms with Crippen molar-refractivity contribution < 1.29 is 4.42 Å². The van der Waals surface area contributed by atoms with Crippen molar-refractivity contribution in [2.75, 3.05) is 0 Å². The zero-order valence-electron chi connectivity index (χ0n) is 7.02. The third kappa shape index (κ3) is 1.05. The van der Waals surface area contributed by atoms with Crippen molar-refractivity contribution >= 4 is 33.6 Å². The molecule has 1 nitrogen and oxygen atoms in total. The summed E-state index contributed by atoms with van der Waals surface area (Å²) in [6.07, 6.45) is 0. The fraction of sp³-hybridized carbons (Fsp3) is 0.200. The molecule has 0 atom stereocenters. The van der Waals surface area contributed by atoms with Gasteiger partial charge in [0.1, 0.15) is 5.58 Å². The molecule has 0 saturated carbocycles. The number of hydrogen-bond donors (Lipinski definition) is 0. The van der Waals surface area contributed by atoms with Crippen LogP contribution >= 0.6 is 22.6 Å². The zero-order valence-corrected chi connectivity index (χ0v) is 9.18. The first kappa shape index (κ1) is 8.10. The Balaban J connectivity index is 2.95. The maximum absolute atomic E-state index is 5.62. The van der Waals surface area contributed by atoms with E-state index in [1.165, 1.54) is 16.5 Å². The molecule has 1 aromatic carbocycles. The second kappa shape index (κ2) is 2.76. The van der Waals surface area contributed by atoms with Gasteiger partial charge in [0.05, 0.1) is 0 Å². The Hall–Kier alpha value is -0.510. The van der Waals surface area contributed by atoms with Gasteiger partial charge < -0.3 is 4.42 Å². The van der Waals surface area contributed by atoms with Crippen LogP contribution in [0.2, 0.25) is 0 Å². The first-order valence-corrected chi connectivity index (χ1v) is 4.92. The van der Waals surface area contributed by atoms with Gasteiger partial charge in [-0.25, -0.2) is 0 Å². The van der Waals surface area contributed by atoms with E-state index in [1.807, 2.05) is 0 Å². The molecule has 0 saturated heterocycles. The van der Waals surface area contributed by atoms with Crippen molar-refractivity contribution in [1.29, 1.82) is 0 Å². The summed E-state index contributed by atoms with van der Waals surface area (Å²) in [4.78, 5) is 0. The molecule has 1 aromatic heterocycles. The standard InChI is InChI=1S/C10H9IO/c1-6-4-3-5-8-7(2)10(11)12-9(6)8/h3-5H,1-2H3. The number of hydrogen-bond acceptors (Lipinski definition) is 1. The van der Waals surface area contributed by atoms with Gasteiger partial charge >= 0.3 is 0 Å². The molecule has 0 radical (unpaired) electrons. The minimum atomic E-state index is 0.997. The van der Waals surface area contributed by atoms with E-state index in [4.69, 9.17) is 4.42 Å². The maximum atomic E-state index is 5.62. The topological polar surface area (TPSA) is 13.1 Å². The molecule has 0 spiro atoms. The van der Waals surface area contributed by atoms with Crippen LogP contribution in [0.1, 0.15) is 11.1 Å². The van der Waals surface area contributed by atoms with Crippen LogP contribution in [0.3, 0.4) is 0 Å². The molecule has 0 N–H and O–H groups in total. The number of para-hydroxylation sites is 1. The number of aryl methyl sites for hydroxylation is 2. The van der Waals surface area contributed by atoms with Crippen molar-refractivity contribution in [3.8, 4) is 0 Å². The molecule has 12 heavy (non-hydrogen) atoms. The largest absolute Gasteiger partial charge is 0.450 e. The summed E-state index contributed by atoms with van der Waals surface area (Å²) < 4.78 is 6.61. The highest BCUT2D eigenvalue weighted by Gasteiger charge is 2.08. The smallest absolute Gasteiger partial charge is 0.168 e. The summed E-state index contributed by atoms with van der Waals surface area (Å²) in [7, 11) is 0. The third-order valence-corrected chi connectivity index (χ3v) is 3.13. The quantitative estimate of drug-likeness (QED) is 0.667. The van der Waals surface area contributed by atoms with Crippen LogP contribution in [0, 0.1) is 17.6 Å². The van der Waals surface area contributed by atoms with Gasteiger partial charge in [-0.2, -0.15) is 0 Å². The molecular weight excluding hydrogens is 263 g/mol. The van der Waals surface area contributed by atoms with Crippen molar-refractivity contribution in [1.82, 2.24) is 0 Å². The van der Waals surface area contributed by atoms with Gasteiger partial charge in [0, 0.05) is 10.9 Å². The van der Waals surface area contributed by atoms with Crippen molar-refractivity contribution in [2.24, 2.45) is 0 Å².